The standard InChI is InChI=1S/C13H22N2O3/c14-9-12(3-1-4-12)7-10(16)15-13(5-2-6-13)8-11(17)18/h1-9,14H2,(H,15,16)(H,17,18). The third-order valence-electron chi connectivity index (χ3n) is 4.59. The minimum Gasteiger partial charge on any atom is -0.481 e. The molecule has 0 saturated heterocycles. The number of nitrogens with two attached hydrogens (primary N) is 1. The molecule has 5 nitrogen and oxygen atoms in total. The number of hydrogen-bond donors (Lipinski definition) is 3. The Bertz CT molecular complexity index is 341. The third-order valence-corrected chi connectivity index (χ3v) is 4.59. The number of carbonyl (C=O) groups is 2. The van der Waals surface area contributed by atoms with Crippen LogP contribution in [0.15, 0.2) is 0 Å². The summed E-state index contributed by atoms with van der Waals surface area (Å²) < 4.78 is 0. The van der Waals surface area contributed by atoms with Crippen LogP contribution in [0.3, 0.4) is 0 Å². The Hall–Kier alpha value is -1.10. The number of carbonyl (C=O) groups excluding carboxylic acids is 1. The van der Waals surface area contributed by atoms with E-state index in [2.05, 4.69) is 5.32 Å². The second-order valence-corrected chi connectivity index (χ2v) is 5.99. The second kappa shape index (κ2) is 4.88. The van der Waals surface area contributed by atoms with Gasteiger partial charge in [0.25, 0.3) is 0 Å². The fraction of sp³-hybridized carbons (Fsp3) is 0.846. The Kier molecular flexibility index (Phi) is 3.61. The summed E-state index contributed by atoms with van der Waals surface area (Å²) in [6.07, 6.45) is 6.21. The van der Waals surface area contributed by atoms with Crippen LogP contribution >= 0.6 is 0 Å². The summed E-state index contributed by atoms with van der Waals surface area (Å²) in [4.78, 5) is 22.9. The molecule has 4 N–H and O–H groups in total. The van der Waals surface area contributed by atoms with Gasteiger partial charge in [-0.15, -0.1) is 0 Å². The van der Waals surface area contributed by atoms with Gasteiger partial charge < -0.3 is 16.2 Å². The van der Waals surface area contributed by atoms with Crippen LogP contribution in [0.25, 0.3) is 0 Å². The molecule has 1 amide bonds. The van der Waals surface area contributed by atoms with Crippen LogP contribution in [0.5, 0.6) is 0 Å². The molecular weight excluding hydrogens is 232 g/mol. The molecule has 0 aromatic heterocycles. The van der Waals surface area contributed by atoms with Crippen LogP contribution in [-0.4, -0.2) is 29.1 Å². The van der Waals surface area contributed by atoms with E-state index >= 15 is 0 Å². The van der Waals surface area contributed by atoms with Crippen LogP contribution in [-0.2, 0) is 9.59 Å². The van der Waals surface area contributed by atoms with E-state index in [0.29, 0.717) is 13.0 Å². The summed E-state index contributed by atoms with van der Waals surface area (Å²) in [5, 5.41) is 11.8. The molecule has 2 fully saturated rings. The molecule has 0 aromatic rings. The maximum atomic E-state index is 12.0. The van der Waals surface area contributed by atoms with Gasteiger partial charge in [-0.25, -0.2) is 0 Å². The van der Waals surface area contributed by atoms with E-state index < -0.39 is 11.5 Å². The molecule has 2 saturated carbocycles. The fourth-order valence-electron chi connectivity index (χ4n) is 3.05. The lowest BCUT2D eigenvalue weighted by Crippen LogP contribution is -2.56. The Labute approximate surface area is 107 Å². The minimum atomic E-state index is -0.841. The van der Waals surface area contributed by atoms with Gasteiger partial charge >= 0.3 is 5.97 Å². The molecule has 5 heteroatoms. The van der Waals surface area contributed by atoms with E-state index in [1.807, 2.05) is 0 Å². The lowest BCUT2D eigenvalue weighted by molar-refractivity contribution is -0.140. The SMILES string of the molecule is NCC1(CC(=O)NC2(CC(=O)O)CCC2)CCC1. The van der Waals surface area contributed by atoms with Crippen molar-refractivity contribution in [3.63, 3.8) is 0 Å². The van der Waals surface area contributed by atoms with E-state index in [4.69, 9.17) is 10.8 Å². The van der Waals surface area contributed by atoms with E-state index in [1.165, 1.54) is 0 Å². The lowest BCUT2D eigenvalue weighted by atomic mass is 9.66. The number of aliphatic carboxylic acids is 1. The van der Waals surface area contributed by atoms with Gasteiger partial charge in [0.05, 0.1) is 12.0 Å². The fourth-order valence-corrected chi connectivity index (χ4v) is 3.05. The maximum Gasteiger partial charge on any atom is 0.305 e. The quantitative estimate of drug-likeness (QED) is 0.659. The Morgan fingerprint density at radius 2 is 1.72 bits per heavy atom. The second-order valence-electron chi connectivity index (χ2n) is 5.99. The first kappa shape index (κ1) is 13.3. The average Bonchev–Trinajstić information content (AvgIpc) is 2.19. The molecule has 0 bridgehead atoms. The summed E-state index contributed by atoms with van der Waals surface area (Å²) in [6.45, 7) is 0.548. The molecule has 0 spiro atoms. The maximum absolute atomic E-state index is 12.0. The van der Waals surface area contributed by atoms with Crippen molar-refractivity contribution in [2.45, 2.75) is 56.9 Å². The zero-order valence-electron chi connectivity index (χ0n) is 10.7. The summed E-state index contributed by atoms with van der Waals surface area (Å²) in [7, 11) is 0. The van der Waals surface area contributed by atoms with Gasteiger partial charge in [-0.2, -0.15) is 0 Å². The van der Waals surface area contributed by atoms with E-state index in [1.54, 1.807) is 0 Å². The zero-order chi connectivity index (χ0) is 13.2. The van der Waals surface area contributed by atoms with E-state index in [9.17, 15) is 9.59 Å². The van der Waals surface area contributed by atoms with Crippen molar-refractivity contribution in [2.75, 3.05) is 6.54 Å². The van der Waals surface area contributed by atoms with E-state index in [0.717, 1.165) is 38.5 Å². The smallest absolute Gasteiger partial charge is 0.305 e. The minimum absolute atomic E-state index is 0.0156. The van der Waals surface area contributed by atoms with Gasteiger partial charge in [0.15, 0.2) is 0 Å². The number of carboxylic acid groups (broad SMARTS) is 1. The number of carboxylic acids is 1. The van der Waals surface area contributed by atoms with Crippen molar-refractivity contribution in [3.8, 4) is 0 Å². The van der Waals surface area contributed by atoms with Crippen molar-refractivity contribution in [1.29, 1.82) is 0 Å². The van der Waals surface area contributed by atoms with Gasteiger partial charge in [-0.05, 0) is 44.1 Å². The molecule has 2 aliphatic carbocycles. The molecule has 2 rings (SSSR count). The van der Waals surface area contributed by atoms with Crippen LogP contribution in [0, 0.1) is 5.41 Å². The normalized spacial score (nSPS) is 23.6. The van der Waals surface area contributed by atoms with Crippen LogP contribution in [0.2, 0.25) is 0 Å². The molecule has 0 aliphatic heterocycles. The lowest BCUT2D eigenvalue weighted by Gasteiger charge is -2.44. The molecule has 18 heavy (non-hydrogen) atoms. The van der Waals surface area contributed by atoms with Gasteiger partial charge in [-0.3, -0.25) is 9.59 Å². The van der Waals surface area contributed by atoms with Crippen LogP contribution in [0.1, 0.15) is 51.4 Å². The summed E-state index contributed by atoms with van der Waals surface area (Å²) in [5.41, 5.74) is 5.23. The predicted molar refractivity (Wildman–Crippen MR) is 66.9 cm³/mol. The molecular formula is C13H22N2O3. The van der Waals surface area contributed by atoms with Crippen LogP contribution in [0.4, 0.5) is 0 Å². The molecule has 0 atom stereocenters. The highest BCUT2D eigenvalue weighted by Gasteiger charge is 2.43. The highest BCUT2D eigenvalue weighted by molar-refractivity contribution is 5.79. The topological polar surface area (TPSA) is 92.4 Å². The van der Waals surface area contributed by atoms with Crippen molar-refractivity contribution in [1.82, 2.24) is 5.32 Å². The number of rotatable bonds is 6. The number of amides is 1. The first-order valence-corrected chi connectivity index (χ1v) is 6.72. The first-order valence-electron chi connectivity index (χ1n) is 6.72. The van der Waals surface area contributed by atoms with Crippen molar-refractivity contribution in [2.24, 2.45) is 11.1 Å². The molecule has 0 radical (unpaired) electrons. The Balaban J connectivity index is 1.88. The zero-order valence-corrected chi connectivity index (χ0v) is 10.7. The summed E-state index contributed by atoms with van der Waals surface area (Å²) in [6, 6.07) is 0. The molecule has 102 valence electrons. The molecule has 0 heterocycles. The molecule has 2 aliphatic rings. The third kappa shape index (κ3) is 2.66. The first-order chi connectivity index (χ1) is 8.49. The highest BCUT2D eigenvalue weighted by Crippen LogP contribution is 2.43. The van der Waals surface area contributed by atoms with Gasteiger partial charge in [0, 0.05) is 6.42 Å². The van der Waals surface area contributed by atoms with Crippen molar-refractivity contribution < 1.29 is 14.7 Å². The Morgan fingerprint density at radius 1 is 1.11 bits per heavy atom. The summed E-state index contributed by atoms with van der Waals surface area (Å²) in [5.74, 6) is -0.867. The van der Waals surface area contributed by atoms with Gasteiger partial charge in [0.2, 0.25) is 5.91 Å². The highest BCUT2D eigenvalue weighted by atomic mass is 16.4. The monoisotopic (exact) mass is 254 g/mol. The summed E-state index contributed by atoms with van der Waals surface area (Å²) >= 11 is 0. The van der Waals surface area contributed by atoms with Crippen molar-refractivity contribution in [3.05, 3.63) is 0 Å². The predicted octanol–water partition coefficient (Wildman–Crippen LogP) is 1.02. The number of nitrogens with one attached hydrogen (secondary N) is 1. The number of hydrogen-bond acceptors (Lipinski definition) is 3. The average molecular weight is 254 g/mol. The van der Waals surface area contributed by atoms with Crippen LogP contribution < -0.4 is 11.1 Å². The van der Waals surface area contributed by atoms with Gasteiger partial charge in [-0.1, -0.05) is 6.42 Å². The Morgan fingerprint density at radius 3 is 2.06 bits per heavy atom. The van der Waals surface area contributed by atoms with Gasteiger partial charge in [0.1, 0.15) is 0 Å². The largest absolute Gasteiger partial charge is 0.481 e. The molecule has 0 unspecified atom stereocenters. The van der Waals surface area contributed by atoms with Crippen molar-refractivity contribution >= 4 is 11.9 Å². The molecule has 0 aromatic carbocycles. The van der Waals surface area contributed by atoms with E-state index in [-0.39, 0.29) is 17.7 Å².